The first-order valence-electron chi connectivity index (χ1n) is 9.15. The summed E-state index contributed by atoms with van der Waals surface area (Å²) < 4.78 is 0. The van der Waals surface area contributed by atoms with Crippen LogP contribution >= 0.6 is 0 Å². The number of hydrogen-bond donors (Lipinski definition) is 1. The summed E-state index contributed by atoms with van der Waals surface area (Å²) in [6.07, 6.45) is 8.31. The van der Waals surface area contributed by atoms with Crippen molar-refractivity contribution >= 4 is 6.03 Å². The van der Waals surface area contributed by atoms with Crippen LogP contribution in [0.4, 0.5) is 4.79 Å². The molecule has 2 heterocycles. The summed E-state index contributed by atoms with van der Waals surface area (Å²) in [6.45, 7) is 1.69. The SMILES string of the molecule is CN(C(=O)N1CCCCC1)C(Cc1ccc(C#N)cc1)Cc1cnc[nH]1. The maximum Gasteiger partial charge on any atom is 0.320 e. The van der Waals surface area contributed by atoms with Gasteiger partial charge in [0.1, 0.15) is 0 Å². The van der Waals surface area contributed by atoms with Crippen molar-refractivity contribution < 1.29 is 4.79 Å². The zero-order chi connectivity index (χ0) is 18.4. The second-order valence-corrected chi connectivity index (χ2v) is 6.89. The zero-order valence-electron chi connectivity index (χ0n) is 15.2. The molecule has 1 fully saturated rings. The second kappa shape index (κ2) is 8.52. The molecular formula is C20H25N5O. The van der Waals surface area contributed by atoms with E-state index < -0.39 is 0 Å². The van der Waals surface area contributed by atoms with Crippen molar-refractivity contribution in [2.45, 2.75) is 38.1 Å². The summed E-state index contributed by atoms with van der Waals surface area (Å²) in [5.41, 5.74) is 2.78. The summed E-state index contributed by atoms with van der Waals surface area (Å²) >= 11 is 0. The van der Waals surface area contributed by atoms with Crippen molar-refractivity contribution in [2.75, 3.05) is 20.1 Å². The van der Waals surface area contributed by atoms with Gasteiger partial charge in [0.15, 0.2) is 0 Å². The lowest BCUT2D eigenvalue weighted by molar-refractivity contribution is 0.136. The van der Waals surface area contributed by atoms with Gasteiger partial charge in [-0.3, -0.25) is 0 Å². The van der Waals surface area contributed by atoms with Gasteiger partial charge in [0.05, 0.1) is 18.0 Å². The molecule has 1 saturated heterocycles. The van der Waals surface area contributed by atoms with Crippen molar-refractivity contribution in [3.8, 4) is 6.07 Å². The molecule has 6 heteroatoms. The van der Waals surface area contributed by atoms with Crippen molar-refractivity contribution in [3.63, 3.8) is 0 Å². The minimum absolute atomic E-state index is 0.0258. The minimum Gasteiger partial charge on any atom is -0.348 e. The van der Waals surface area contributed by atoms with Crippen LogP contribution in [0.2, 0.25) is 0 Å². The third-order valence-electron chi connectivity index (χ3n) is 5.04. The van der Waals surface area contributed by atoms with E-state index in [2.05, 4.69) is 16.0 Å². The highest BCUT2D eigenvalue weighted by Gasteiger charge is 2.26. The molecule has 6 nitrogen and oxygen atoms in total. The molecule has 3 rings (SSSR count). The number of carbonyl (C=O) groups is 1. The Hall–Kier alpha value is -2.81. The number of nitriles is 1. The standard InChI is InChI=1S/C20H25N5O/c1-24(20(26)25-9-3-2-4-10-25)19(12-18-14-22-15-23-18)11-16-5-7-17(13-21)8-6-16/h5-8,14-15,19H,2-4,9-12H2,1H3,(H,22,23). The highest BCUT2D eigenvalue weighted by Crippen LogP contribution is 2.17. The fourth-order valence-corrected chi connectivity index (χ4v) is 3.45. The first kappa shape index (κ1) is 18.0. The van der Waals surface area contributed by atoms with Crippen LogP contribution in [0, 0.1) is 11.3 Å². The molecule has 0 aliphatic carbocycles. The summed E-state index contributed by atoms with van der Waals surface area (Å²) in [5.74, 6) is 0. The molecule has 2 aromatic rings. The summed E-state index contributed by atoms with van der Waals surface area (Å²) in [4.78, 5) is 24.0. The molecule has 26 heavy (non-hydrogen) atoms. The first-order valence-corrected chi connectivity index (χ1v) is 9.15. The predicted molar refractivity (Wildman–Crippen MR) is 99.5 cm³/mol. The normalized spacial score (nSPS) is 15.3. The molecule has 0 bridgehead atoms. The van der Waals surface area contributed by atoms with Gasteiger partial charge in [-0.1, -0.05) is 12.1 Å². The van der Waals surface area contributed by atoms with E-state index in [1.54, 1.807) is 6.33 Å². The number of carbonyl (C=O) groups excluding carboxylic acids is 1. The van der Waals surface area contributed by atoms with Gasteiger partial charge in [-0.2, -0.15) is 5.26 Å². The van der Waals surface area contributed by atoms with Crippen LogP contribution in [0.25, 0.3) is 0 Å². The molecule has 1 atom stereocenters. The Kier molecular flexibility index (Phi) is 5.90. The smallest absolute Gasteiger partial charge is 0.320 e. The number of nitrogens with one attached hydrogen (secondary N) is 1. The predicted octanol–water partition coefficient (Wildman–Crippen LogP) is 2.97. The number of urea groups is 1. The van der Waals surface area contributed by atoms with E-state index in [4.69, 9.17) is 5.26 Å². The molecule has 0 radical (unpaired) electrons. The number of likely N-dealkylation sites (tertiary alicyclic amines) is 1. The lowest BCUT2D eigenvalue weighted by Crippen LogP contribution is -2.49. The van der Waals surface area contributed by atoms with Crippen LogP contribution in [0.3, 0.4) is 0 Å². The number of hydrogen-bond acceptors (Lipinski definition) is 3. The first-order chi connectivity index (χ1) is 12.7. The largest absolute Gasteiger partial charge is 0.348 e. The molecule has 1 aromatic carbocycles. The van der Waals surface area contributed by atoms with E-state index >= 15 is 0 Å². The Morgan fingerprint density at radius 3 is 2.62 bits per heavy atom. The maximum atomic E-state index is 12.9. The Morgan fingerprint density at radius 1 is 1.27 bits per heavy atom. The molecule has 136 valence electrons. The molecule has 0 spiro atoms. The topological polar surface area (TPSA) is 76.0 Å². The van der Waals surface area contributed by atoms with E-state index in [1.807, 2.05) is 47.3 Å². The summed E-state index contributed by atoms with van der Waals surface area (Å²) in [5, 5.41) is 8.97. The number of rotatable bonds is 5. The number of aromatic amines is 1. The Labute approximate surface area is 154 Å². The minimum atomic E-state index is 0.0258. The highest BCUT2D eigenvalue weighted by molar-refractivity contribution is 5.74. The molecule has 0 saturated carbocycles. The van der Waals surface area contributed by atoms with Crippen LogP contribution < -0.4 is 0 Å². The number of likely N-dealkylation sites (N-methyl/N-ethyl adjacent to an activating group) is 1. The lowest BCUT2D eigenvalue weighted by atomic mass is 10.00. The number of piperidine rings is 1. The fourth-order valence-electron chi connectivity index (χ4n) is 3.45. The quantitative estimate of drug-likeness (QED) is 0.900. The Morgan fingerprint density at radius 2 is 2.00 bits per heavy atom. The Balaban J connectivity index is 1.75. The van der Waals surface area contributed by atoms with Gasteiger partial charge >= 0.3 is 6.03 Å². The van der Waals surface area contributed by atoms with Gasteiger partial charge in [-0.05, 0) is 43.4 Å². The monoisotopic (exact) mass is 351 g/mol. The number of benzene rings is 1. The van der Waals surface area contributed by atoms with Crippen LogP contribution in [-0.4, -0.2) is 52.0 Å². The van der Waals surface area contributed by atoms with Crippen LogP contribution in [0.5, 0.6) is 0 Å². The average Bonchev–Trinajstić information content (AvgIpc) is 3.21. The van der Waals surface area contributed by atoms with Crippen molar-refractivity contribution in [2.24, 2.45) is 0 Å². The fraction of sp³-hybridized carbons (Fsp3) is 0.450. The van der Waals surface area contributed by atoms with Gasteiger partial charge in [0, 0.05) is 44.5 Å². The Bertz CT molecular complexity index is 742. The van der Waals surface area contributed by atoms with E-state index in [1.165, 1.54) is 6.42 Å². The molecule has 1 unspecified atom stereocenters. The number of imidazole rings is 1. The lowest BCUT2D eigenvalue weighted by Gasteiger charge is -2.35. The second-order valence-electron chi connectivity index (χ2n) is 6.89. The van der Waals surface area contributed by atoms with Gasteiger partial charge < -0.3 is 14.8 Å². The van der Waals surface area contributed by atoms with Crippen molar-refractivity contribution in [1.29, 1.82) is 5.26 Å². The zero-order valence-corrected chi connectivity index (χ0v) is 15.2. The molecular weight excluding hydrogens is 326 g/mol. The number of aromatic nitrogens is 2. The van der Waals surface area contributed by atoms with E-state index in [-0.39, 0.29) is 12.1 Å². The van der Waals surface area contributed by atoms with Gasteiger partial charge in [0.25, 0.3) is 0 Å². The highest BCUT2D eigenvalue weighted by atomic mass is 16.2. The van der Waals surface area contributed by atoms with E-state index in [0.717, 1.165) is 50.0 Å². The molecule has 1 aromatic heterocycles. The van der Waals surface area contributed by atoms with E-state index in [0.29, 0.717) is 5.56 Å². The van der Waals surface area contributed by atoms with Crippen molar-refractivity contribution in [1.82, 2.24) is 19.8 Å². The summed E-state index contributed by atoms with van der Waals surface area (Å²) in [6, 6.07) is 9.87. The van der Waals surface area contributed by atoms with Gasteiger partial charge in [0.2, 0.25) is 0 Å². The van der Waals surface area contributed by atoms with Crippen LogP contribution in [0.1, 0.15) is 36.1 Å². The van der Waals surface area contributed by atoms with Crippen molar-refractivity contribution in [3.05, 3.63) is 53.6 Å². The number of amides is 2. The number of H-pyrrole nitrogens is 1. The summed E-state index contributed by atoms with van der Waals surface area (Å²) in [7, 11) is 1.89. The number of nitrogens with zero attached hydrogens (tertiary/aromatic N) is 4. The average molecular weight is 351 g/mol. The molecule has 1 N–H and O–H groups in total. The third-order valence-corrected chi connectivity index (χ3v) is 5.04. The molecule has 1 aliphatic rings. The third kappa shape index (κ3) is 4.42. The van der Waals surface area contributed by atoms with Crippen LogP contribution in [-0.2, 0) is 12.8 Å². The molecule has 2 amide bonds. The van der Waals surface area contributed by atoms with Gasteiger partial charge in [-0.25, -0.2) is 9.78 Å². The van der Waals surface area contributed by atoms with E-state index in [9.17, 15) is 4.79 Å². The maximum absolute atomic E-state index is 12.9. The van der Waals surface area contributed by atoms with Gasteiger partial charge in [-0.15, -0.1) is 0 Å². The molecule has 1 aliphatic heterocycles. The van der Waals surface area contributed by atoms with Crippen LogP contribution in [0.15, 0.2) is 36.8 Å².